The standard InChI is InChI=1S/C15H22N4/c1-10-17-18-15(14-8-11-4-5-12(14)7-11)19(10)13-3-2-6-16-9-13/h4-5,11-14,16H,2-3,6-9H2,1H3. The van der Waals surface area contributed by atoms with Gasteiger partial charge in [-0.3, -0.25) is 0 Å². The van der Waals surface area contributed by atoms with Crippen LogP contribution >= 0.6 is 0 Å². The number of aromatic nitrogens is 3. The second kappa shape index (κ2) is 4.44. The van der Waals surface area contributed by atoms with Gasteiger partial charge in [0.05, 0.1) is 0 Å². The minimum atomic E-state index is 0.557. The van der Waals surface area contributed by atoms with Crippen LogP contribution in [-0.4, -0.2) is 27.9 Å². The molecule has 0 aromatic carbocycles. The maximum atomic E-state index is 4.54. The van der Waals surface area contributed by atoms with Crippen molar-refractivity contribution in [3.63, 3.8) is 0 Å². The van der Waals surface area contributed by atoms with Crippen molar-refractivity contribution >= 4 is 0 Å². The Labute approximate surface area is 114 Å². The molecule has 1 aliphatic heterocycles. The highest BCUT2D eigenvalue weighted by Gasteiger charge is 2.40. The van der Waals surface area contributed by atoms with E-state index in [1.807, 2.05) is 0 Å². The van der Waals surface area contributed by atoms with Gasteiger partial charge in [-0.25, -0.2) is 0 Å². The molecule has 1 saturated heterocycles. The minimum Gasteiger partial charge on any atom is -0.315 e. The lowest BCUT2D eigenvalue weighted by Gasteiger charge is -2.28. The Balaban J connectivity index is 1.67. The Kier molecular flexibility index (Phi) is 2.72. The Morgan fingerprint density at radius 2 is 2.21 bits per heavy atom. The van der Waals surface area contributed by atoms with Gasteiger partial charge in [0, 0.05) is 18.5 Å². The third-order valence-electron chi connectivity index (χ3n) is 5.14. The monoisotopic (exact) mass is 258 g/mol. The summed E-state index contributed by atoms with van der Waals surface area (Å²) in [4.78, 5) is 0. The SMILES string of the molecule is Cc1nnc(C2CC3C=CC2C3)n1C1CCCNC1. The zero-order chi connectivity index (χ0) is 12.8. The van der Waals surface area contributed by atoms with E-state index in [0.717, 1.165) is 24.8 Å². The van der Waals surface area contributed by atoms with E-state index in [1.54, 1.807) is 0 Å². The van der Waals surface area contributed by atoms with E-state index >= 15 is 0 Å². The smallest absolute Gasteiger partial charge is 0.137 e. The number of nitrogens with one attached hydrogen (secondary N) is 1. The van der Waals surface area contributed by atoms with E-state index in [1.165, 1.54) is 31.5 Å². The maximum absolute atomic E-state index is 4.54. The summed E-state index contributed by atoms with van der Waals surface area (Å²) >= 11 is 0. The molecule has 2 fully saturated rings. The Hall–Kier alpha value is -1.16. The Morgan fingerprint density at radius 1 is 1.26 bits per heavy atom. The summed E-state index contributed by atoms with van der Waals surface area (Å²) in [6.45, 7) is 4.33. The fraction of sp³-hybridized carbons (Fsp3) is 0.733. The summed E-state index contributed by atoms with van der Waals surface area (Å²) in [6, 6.07) is 0.557. The van der Waals surface area contributed by atoms with Crippen molar-refractivity contribution < 1.29 is 0 Å². The molecular weight excluding hydrogens is 236 g/mol. The molecule has 1 aromatic rings. The molecule has 4 heteroatoms. The number of piperidine rings is 1. The van der Waals surface area contributed by atoms with Gasteiger partial charge < -0.3 is 9.88 Å². The molecule has 19 heavy (non-hydrogen) atoms. The molecule has 4 nitrogen and oxygen atoms in total. The average molecular weight is 258 g/mol. The molecule has 4 rings (SSSR count). The first-order chi connectivity index (χ1) is 9.33. The van der Waals surface area contributed by atoms with Crippen LogP contribution in [0.15, 0.2) is 12.2 Å². The van der Waals surface area contributed by atoms with Crippen LogP contribution < -0.4 is 5.32 Å². The molecule has 4 unspecified atom stereocenters. The fourth-order valence-electron chi connectivity index (χ4n) is 4.22. The lowest BCUT2D eigenvalue weighted by Crippen LogP contribution is -2.33. The van der Waals surface area contributed by atoms with Crippen LogP contribution in [0, 0.1) is 18.8 Å². The number of rotatable bonds is 2. The topological polar surface area (TPSA) is 42.7 Å². The molecule has 0 amide bonds. The Bertz CT molecular complexity index is 498. The zero-order valence-corrected chi connectivity index (χ0v) is 11.5. The summed E-state index contributed by atoms with van der Waals surface area (Å²) in [5.74, 6) is 4.46. The number of nitrogens with zero attached hydrogens (tertiary/aromatic N) is 3. The summed E-state index contributed by atoms with van der Waals surface area (Å²) in [6.07, 6.45) is 9.94. The number of hydrogen-bond acceptors (Lipinski definition) is 3. The molecular formula is C15H22N4. The summed E-state index contributed by atoms with van der Waals surface area (Å²) < 4.78 is 2.44. The van der Waals surface area contributed by atoms with E-state index in [4.69, 9.17) is 0 Å². The van der Waals surface area contributed by atoms with E-state index in [2.05, 4.69) is 39.2 Å². The van der Waals surface area contributed by atoms with Crippen molar-refractivity contribution in [2.75, 3.05) is 13.1 Å². The molecule has 2 bridgehead atoms. The first kappa shape index (κ1) is 11.6. The van der Waals surface area contributed by atoms with Crippen molar-refractivity contribution in [2.45, 2.75) is 44.6 Å². The van der Waals surface area contributed by atoms with Crippen LogP contribution in [-0.2, 0) is 0 Å². The lowest BCUT2D eigenvalue weighted by molar-refractivity contribution is 0.347. The van der Waals surface area contributed by atoms with Gasteiger partial charge in [0.15, 0.2) is 0 Å². The van der Waals surface area contributed by atoms with Gasteiger partial charge in [-0.1, -0.05) is 12.2 Å². The zero-order valence-electron chi connectivity index (χ0n) is 11.5. The summed E-state index contributed by atoms with van der Waals surface area (Å²) in [5.41, 5.74) is 0. The lowest BCUT2D eigenvalue weighted by atomic mass is 9.92. The summed E-state index contributed by atoms with van der Waals surface area (Å²) in [5, 5.41) is 12.4. The Morgan fingerprint density at radius 3 is 2.89 bits per heavy atom. The van der Waals surface area contributed by atoms with Crippen LogP contribution in [0.25, 0.3) is 0 Å². The van der Waals surface area contributed by atoms with Crippen LogP contribution in [0.2, 0.25) is 0 Å². The quantitative estimate of drug-likeness (QED) is 0.827. The van der Waals surface area contributed by atoms with Crippen molar-refractivity contribution in [2.24, 2.45) is 11.8 Å². The maximum Gasteiger partial charge on any atom is 0.137 e. The third-order valence-corrected chi connectivity index (χ3v) is 5.14. The van der Waals surface area contributed by atoms with Gasteiger partial charge in [-0.15, -0.1) is 10.2 Å². The number of allylic oxidation sites excluding steroid dienone is 2. The second-order valence-corrected chi connectivity index (χ2v) is 6.36. The van der Waals surface area contributed by atoms with E-state index in [-0.39, 0.29) is 0 Å². The van der Waals surface area contributed by atoms with Gasteiger partial charge in [-0.05, 0) is 51.0 Å². The van der Waals surface area contributed by atoms with E-state index in [0.29, 0.717) is 17.9 Å². The highest BCUT2D eigenvalue weighted by atomic mass is 15.3. The number of aryl methyl sites for hydroxylation is 1. The van der Waals surface area contributed by atoms with Crippen LogP contribution in [0.1, 0.15) is 49.3 Å². The van der Waals surface area contributed by atoms with E-state index in [9.17, 15) is 0 Å². The number of hydrogen-bond donors (Lipinski definition) is 1. The highest BCUT2D eigenvalue weighted by molar-refractivity contribution is 5.19. The normalized spacial score (nSPS) is 37.1. The number of fused-ring (bicyclic) bond motifs is 2. The molecule has 1 N–H and O–H groups in total. The average Bonchev–Trinajstić information content (AvgIpc) is 3.14. The van der Waals surface area contributed by atoms with Gasteiger partial charge in [-0.2, -0.15) is 0 Å². The first-order valence-corrected chi connectivity index (χ1v) is 7.63. The van der Waals surface area contributed by atoms with Gasteiger partial charge in [0.25, 0.3) is 0 Å². The van der Waals surface area contributed by atoms with Crippen molar-refractivity contribution in [1.29, 1.82) is 0 Å². The van der Waals surface area contributed by atoms with Crippen LogP contribution in [0.3, 0.4) is 0 Å². The van der Waals surface area contributed by atoms with Crippen LogP contribution in [0.5, 0.6) is 0 Å². The molecule has 4 atom stereocenters. The van der Waals surface area contributed by atoms with Gasteiger partial charge in [0.2, 0.25) is 0 Å². The molecule has 3 aliphatic rings. The molecule has 0 spiro atoms. The molecule has 2 aliphatic carbocycles. The molecule has 1 aromatic heterocycles. The van der Waals surface area contributed by atoms with Crippen molar-refractivity contribution in [3.8, 4) is 0 Å². The predicted molar refractivity (Wildman–Crippen MR) is 74.0 cm³/mol. The van der Waals surface area contributed by atoms with Crippen molar-refractivity contribution in [1.82, 2.24) is 20.1 Å². The highest BCUT2D eigenvalue weighted by Crippen LogP contribution is 2.48. The predicted octanol–water partition coefficient (Wildman–Crippen LogP) is 2.19. The van der Waals surface area contributed by atoms with Gasteiger partial charge >= 0.3 is 0 Å². The fourth-order valence-corrected chi connectivity index (χ4v) is 4.22. The molecule has 102 valence electrons. The van der Waals surface area contributed by atoms with Crippen LogP contribution in [0.4, 0.5) is 0 Å². The molecule has 0 radical (unpaired) electrons. The first-order valence-electron chi connectivity index (χ1n) is 7.63. The van der Waals surface area contributed by atoms with Gasteiger partial charge in [0.1, 0.15) is 11.6 Å². The largest absolute Gasteiger partial charge is 0.315 e. The second-order valence-electron chi connectivity index (χ2n) is 6.36. The summed E-state index contributed by atoms with van der Waals surface area (Å²) in [7, 11) is 0. The molecule has 2 heterocycles. The minimum absolute atomic E-state index is 0.557. The van der Waals surface area contributed by atoms with E-state index < -0.39 is 0 Å². The molecule has 1 saturated carbocycles. The third kappa shape index (κ3) is 1.84. The van der Waals surface area contributed by atoms with Crippen molar-refractivity contribution in [3.05, 3.63) is 23.8 Å².